The van der Waals surface area contributed by atoms with Gasteiger partial charge in [0.1, 0.15) is 6.17 Å². The summed E-state index contributed by atoms with van der Waals surface area (Å²) in [5, 5.41) is -0.546. The van der Waals surface area contributed by atoms with Crippen molar-refractivity contribution in [3.8, 4) is 0 Å². The summed E-state index contributed by atoms with van der Waals surface area (Å²) < 4.78 is 12.3. The van der Waals surface area contributed by atoms with Crippen LogP contribution in [0.2, 0.25) is 0 Å². The molecule has 9 heavy (non-hydrogen) atoms. The maximum atomic E-state index is 12.3. The van der Waals surface area contributed by atoms with Crippen LogP contribution in [0.15, 0.2) is 0 Å². The second-order valence-corrected chi connectivity index (χ2v) is 2.41. The first kappa shape index (κ1) is 6.81. The number of alkyl halides is 1. The Hall–Kier alpha value is -0.310. The summed E-state index contributed by atoms with van der Waals surface area (Å²) in [4.78, 5) is 11.6. The van der Waals surface area contributed by atoms with Crippen molar-refractivity contribution in [1.29, 1.82) is 0 Å². The average molecular weight is 152 g/mol. The lowest BCUT2D eigenvalue weighted by atomic mass is 10.4. The third kappa shape index (κ3) is 1.55. The fourth-order valence-electron chi connectivity index (χ4n) is 0.877. The van der Waals surface area contributed by atoms with Gasteiger partial charge >= 0.3 is 5.37 Å². The smallest absolute Gasteiger partial charge is 0.316 e. The van der Waals surface area contributed by atoms with Crippen LogP contribution >= 0.6 is 11.6 Å². The van der Waals surface area contributed by atoms with Crippen LogP contribution in [0.3, 0.4) is 0 Å². The highest BCUT2D eigenvalue weighted by atomic mass is 35.5. The quantitative estimate of drug-likeness (QED) is 0.379. The van der Waals surface area contributed by atoms with Crippen molar-refractivity contribution in [3.05, 3.63) is 0 Å². The van der Waals surface area contributed by atoms with Gasteiger partial charge in [0.25, 0.3) is 0 Å². The van der Waals surface area contributed by atoms with E-state index in [2.05, 4.69) is 0 Å². The van der Waals surface area contributed by atoms with Crippen molar-refractivity contribution in [2.24, 2.45) is 0 Å². The number of nitrogens with zero attached hydrogens (tertiary/aromatic N) is 1. The van der Waals surface area contributed by atoms with Crippen molar-refractivity contribution in [1.82, 2.24) is 4.90 Å². The van der Waals surface area contributed by atoms with Gasteiger partial charge in [-0.2, -0.15) is 0 Å². The normalized spacial score (nSPS) is 26.9. The van der Waals surface area contributed by atoms with Gasteiger partial charge in [-0.15, -0.1) is 0 Å². The van der Waals surface area contributed by atoms with E-state index in [1.165, 1.54) is 4.90 Å². The first-order chi connectivity index (χ1) is 4.20. The molecule has 52 valence electrons. The van der Waals surface area contributed by atoms with E-state index in [0.717, 1.165) is 0 Å². The monoisotopic (exact) mass is 151 g/mol. The molecule has 0 spiro atoms. The third-order valence-electron chi connectivity index (χ3n) is 1.38. The number of rotatable bonds is 0. The summed E-state index contributed by atoms with van der Waals surface area (Å²) in [6.45, 7) is 0.631. The number of halogens is 2. The van der Waals surface area contributed by atoms with Crippen LogP contribution in [0.25, 0.3) is 0 Å². The Morgan fingerprint density at radius 1 is 1.78 bits per heavy atom. The van der Waals surface area contributed by atoms with Crippen LogP contribution in [-0.2, 0) is 0 Å². The maximum Gasteiger partial charge on any atom is 0.316 e. The molecule has 1 aliphatic heterocycles. The van der Waals surface area contributed by atoms with Crippen LogP contribution in [0.4, 0.5) is 9.18 Å². The van der Waals surface area contributed by atoms with E-state index in [0.29, 0.717) is 13.0 Å². The molecule has 1 atom stereocenters. The maximum absolute atomic E-state index is 12.3. The molecule has 1 amide bonds. The van der Waals surface area contributed by atoms with Crippen LogP contribution in [0.1, 0.15) is 6.42 Å². The Morgan fingerprint density at radius 3 is 2.67 bits per heavy atom. The minimum atomic E-state index is -0.868. The van der Waals surface area contributed by atoms with Crippen molar-refractivity contribution in [3.63, 3.8) is 0 Å². The zero-order chi connectivity index (χ0) is 6.85. The average Bonchev–Trinajstić information content (AvgIpc) is 2.14. The molecule has 0 aliphatic carbocycles. The minimum Gasteiger partial charge on any atom is -0.326 e. The zero-order valence-corrected chi connectivity index (χ0v) is 5.57. The number of carbonyl (C=O) groups excluding carboxylic acids is 1. The molecule has 1 heterocycles. The molecule has 0 bridgehead atoms. The van der Waals surface area contributed by atoms with Gasteiger partial charge in [-0.3, -0.25) is 4.79 Å². The highest BCUT2D eigenvalue weighted by Gasteiger charge is 2.24. The Bertz CT molecular complexity index is 130. The van der Waals surface area contributed by atoms with Crippen molar-refractivity contribution < 1.29 is 9.18 Å². The molecular weight excluding hydrogens is 145 g/mol. The van der Waals surface area contributed by atoms with Gasteiger partial charge in [-0.1, -0.05) is 0 Å². The highest BCUT2D eigenvalue weighted by Crippen LogP contribution is 2.13. The lowest BCUT2D eigenvalue weighted by Gasteiger charge is -2.08. The number of amides is 1. The number of carbonyl (C=O) groups is 1. The van der Waals surface area contributed by atoms with Crippen LogP contribution in [0, 0.1) is 0 Å². The second kappa shape index (κ2) is 2.52. The second-order valence-electron chi connectivity index (χ2n) is 2.08. The highest BCUT2D eigenvalue weighted by molar-refractivity contribution is 6.62. The molecule has 1 rings (SSSR count). The van der Waals surface area contributed by atoms with E-state index in [-0.39, 0.29) is 6.54 Å². The minimum absolute atomic E-state index is 0.169. The summed E-state index contributed by atoms with van der Waals surface area (Å²) in [6.07, 6.45) is -0.439. The topological polar surface area (TPSA) is 20.3 Å². The summed E-state index contributed by atoms with van der Waals surface area (Å²) in [5.74, 6) is 0. The fraction of sp³-hybridized carbons (Fsp3) is 0.800. The molecule has 4 heteroatoms. The molecular formula is C5H7ClFNO. The van der Waals surface area contributed by atoms with E-state index in [1.807, 2.05) is 0 Å². The van der Waals surface area contributed by atoms with E-state index in [1.54, 1.807) is 0 Å². The van der Waals surface area contributed by atoms with Gasteiger partial charge in [0.15, 0.2) is 0 Å². The zero-order valence-electron chi connectivity index (χ0n) is 4.81. The molecule has 1 fully saturated rings. The van der Waals surface area contributed by atoms with E-state index < -0.39 is 11.5 Å². The van der Waals surface area contributed by atoms with Crippen molar-refractivity contribution in [2.45, 2.75) is 12.6 Å². The summed E-state index contributed by atoms with van der Waals surface area (Å²) in [6, 6.07) is 0. The standard InChI is InChI=1S/C5H7ClFNO/c6-5(9)8-2-1-4(7)3-8/h4H,1-3H2/t4-/m0/s1. The summed E-state index contributed by atoms with van der Waals surface area (Å²) in [5.41, 5.74) is 0. The first-order valence-corrected chi connectivity index (χ1v) is 3.16. The molecule has 1 aliphatic rings. The predicted molar refractivity (Wildman–Crippen MR) is 32.3 cm³/mol. The molecule has 0 aromatic heterocycles. The fourth-order valence-corrected chi connectivity index (χ4v) is 1.03. The van der Waals surface area contributed by atoms with Crippen LogP contribution < -0.4 is 0 Å². The van der Waals surface area contributed by atoms with E-state index in [9.17, 15) is 9.18 Å². The third-order valence-corrected chi connectivity index (χ3v) is 1.62. The Kier molecular flexibility index (Phi) is 1.90. The number of likely N-dealkylation sites (tertiary alicyclic amines) is 1. The van der Waals surface area contributed by atoms with Gasteiger partial charge in [0.05, 0.1) is 6.54 Å². The largest absolute Gasteiger partial charge is 0.326 e. The molecule has 0 N–H and O–H groups in total. The molecule has 0 aromatic carbocycles. The lowest BCUT2D eigenvalue weighted by Crippen LogP contribution is -2.23. The van der Waals surface area contributed by atoms with E-state index >= 15 is 0 Å². The Morgan fingerprint density at radius 2 is 2.44 bits per heavy atom. The van der Waals surface area contributed by atoms with Gasteiger partial charge in [0.2, 0.25) is 0 Å². The molecule has 2 nitrogen and oxygen atoms in total. The van der Waals surface area contributed by atoms with Gasteiger partial charge in [0, 0.05) is 6.54 Å². The molecule has 0 radical (unpaired) electrons. The Labute approximate surface area is 57.6 Å². The van der Waals surface area contributed by atoms with Crippen LogP contribution in [-0.4, -0.2) is 29.5 Å². The number of hydrogen-bond acceptors (Lipinski definition) is 1. The molecule has 0 aromatic rings. The van der Waals surface area contributed by atoms with Gasteiger partial charge < -0.3 is 4.90 Å². The van der Waals surface area contributed by atoms with Crippen LogP contribution in [0.5, 0.6) is 0 Å². The van der Waals surface area contributed by atoms with Crippen molar-refractivity contribution >= 4 is 17.0 Å². The van der Waals surface area contributed by atoms with Crippen molar-refractivity contribution in [2.75, 3.05) is 13.1 Å². The van der Waals surface area contributed by atoms with E-state index in [4.69, 9.17) is 11.6 Å². The Balaban J connectivity index is 2.39. The summed E-state index contributed by atoms with van der Waals surface area (Å²) >= 11 is 5.07. The lowest BCUT2D eigenvalue weighted by molar-refractivity contribution is 0.227. The predicted octanol–water partition coefficient (Wildman–Crippen LogP) is 1.39. The number of hydrogen-bond donors (Lipinski definition) is 0. The first-order valence-electron chi connectivity index (χ1n) is 2.78. The SMILES string of the molecule is O=C(Cl)N1CC[C@H](F)C1. The van der Waals surface area contributed by atoms with Gasteiger partial charge in [-0.25, -0.2) is 4.39 Å². The van der Waals surface area contributed by atoms with Gasteiger partial charge in [-0.05, 0) is 18.0 Å². The molecule has 1 saturated heterocycles. The molecule has 0 saturated carbocycles. The molecule has 0 unspecified atom stereocenters. The summed E-state index contributed by atoms with van der Waals surface area (Å²) in [7, 11) is 0.